The third-order valence-corrected chi connectivity index (χ3v) is 4.18. The predicted molar refractivity (Wildman–Crippen MR) is 97.1 cm³/mol. The van der Waals surface area contributed by atoms with E-state index in [1.165, 1.54) is 6.33 Å². The molecule has 1 atom stereocenters. The van der Waals surface area contributed by atoms with Crippen LogP contribution in [-0.2, 0) is 4.79 Å². The fourth-order valence-corrected chi connectivity index (χ4v) is 2.46. The minimum Gasteiger partial charge on any atom is -0.368 e. The van der Waals surface area contributed by atoms with Gasteiger partial charge in [0.15, 0.2) is 0 Å². The highest BCUT2D eigenvalue weighted by Crippen LogP contribution is 2.13. The van der Waals surface area contributed by atoms with E-state index in [9.17, 15) is 4.79 Å². The smallest absolute Gasteiger partial charge is 0.244 e. The molecule has 3 aromatic rings. The van der Waals surface area contributed by atoms with Crippen LogP contribution in [0.15, 0.2) is 37.2 Å². The molecule has 0 aliphatic heterocycles. The van der Waals surface area contributed by atoms with Crippen LogP contribution < -0.4 is 10.6 Å². The third-order valence-electron chi connectivity index (χ3n) is 4.18. The number of imidazole rings is 1. The molecular formula is C17H22N8O. The number of anilines is 1. The summed E-state index contributed by atoms with van der Waals surface area (Å²) in [7, 11) is 0. The van der Waals surface area contributed by atoms with Gasteiger partial charge in [-0.1, -0.05) is 0 Å². The van der Waals surface area contributed by atoms with E-state index in [1.54, 1.807) is 29.5 Å². The lowest BCUT2D eigenvalue weighted by Crippen LogP contribution is -2.34. The number of aromatic nitrogens is 6. The number of carbonyl (C=O) groups is 1. The van der Waals surface area contributed by atoms with Crippen molar-refractivity contribution >= 4 is 11.7 Å². The van der Waals surface area contributed by atoms with Crippen LogP contribution in [0.4, 0.5) is 5.82 Å². The van der Waals surface area contributed by atoms with E-state index in [1.807, 2.05) is 31.4 Å². The molecule has 3 heterocycles. The van der Waals surface area contributed by atoms with Gasteiger partial charge in [0.05, 0.1) is 5.69 Å². The first-order valence-corrected chi connectivity index (χ1v) is 8.40. The van der Waals surface area contributed by atoms with E-state index in [4.69, 9.17) is 0 Å². The average molecular weight is 354 g/mol. The van der Waals surface area contributed by atoms with Gasteiger partial charge in [0.25, 0.3) is 0 Å². The molecule has 9 heteroatoms. The number of hydrogen-bond acceptors (Lipinski definition) is 6. The third kappa shape index (κ3) is 3.88. The van der Waals surface area contributed by atoms with Crippen LogP contribution in [0.5, 0.6) is 0 Å². The molecule has 3 rings (SSSR count). The van der Waals surface area contributed by atoms with E-state index in [0.29, 0.717) is 18.9 Å². The van der Waals surface area contributed by atoms with E-state index >= 15 is 0 Å². The summed E-state index contributed by atoms with van der Waals surface area (Å²) in [4.78, 5) is 24.9. The second-order valence-electron chi connectivity index (χ2n) is 5.93. The summed E-state index contributed by atoms with van der Waals surface area (Å²) in [5.41, 5.74) is 2.00. The Morgan fingerprint density at radius 2 is 2.08 bits per heavy atom. The number of nitrogens with zero attached hydrogens (tertiary/aromatic N) is 6. The maximum Gasteiger partial charge on any atom is 0.244 e. The summed E-state index contributed by atoms with van der Waals surface area (Å²) in [6, 6.07) is 3.30. The van der Waals surface area contributed by atoms with Crippen molar-refractivity contribution in [2.24, 2.45) is 0 Å². The predicted octanol–water partition coefficient (Wildman–Crippen LogP) is 1.26. The summed E-state index contributed by atoms with van der Waals surface area (Å²) in [5.74, 6) is 1.36. The van der Waals surface area contributed by atoms with Gasteiger partial charge in [0.2, 0.25) is 5.91 Å². The highest BCUT2D eigenvalue weighted by Gasteiger charge is 2.14. The van der Waals surface area contributed by atoms with Crippen molar-refractivity contribution < 1.29 is 4.79 Å². The van der Waals surface area contributed by atoms with E-state index in [2.05, 4.69) is 30.7 Å². The van der Waals surface area contributed by atoms with Crippen molar-refractivity contribution in [3.8, 4) is 5.82 Å². The molecule has 1 unspecified atom stereocenters. The second-order valence-corrected chi connectivity index (χ2v) is 5.93. The SMILES string of the molecule is Cc1ncn(-c2cc(NCCNC(=O)C(C)n3cccn3)ncn2)c1C. The van der Waals surface area contributed by atoms with Crippen molar-refractivity contribution in [3.05, 3.63) is 48.6 Å². The standard InChI is InChI=1S/C17H22N8O/c1-12-13(2)24(11-22-12)16-9-15(20-10-21-16)18-6-7-19-17(26)14(3)25-8-4-5-23-25/h4-5,8-11,14H,6-7H2,1-3H3,(H,19,26)(H,18,20,21). The molecule has 1 amide bonds. The fraction of sp³-hybridized carbons (Fsp3) is 0.353. The average Bonchev–Trinajstić information content (AvgIpc) is 3.29. The lowest BCUT2D eigenvalue weighted by Gasteiger charge is -2.13. The summed E-state index contributed by atoms with van der Waals surface area (Å²) in [6.07, 6.45) is 6.67. The molecule has 0 radical (unpaired) electrons. The molecule has 3 aromatic heterocycles. The molecule has 0 bridgehead atoms. The van der Waals surface area contributed by atoms with Gasteiger partial charge in [-0.3, -0.25) is 14.0 Å². The molecule has 2 N–H and O–H groups in total. The molecule has 0 spiro atoms. The van der Waals surface area contributed by atoms with Crippen molar-refractivity contribution in [2.45, 2.75) is 26.8 Å². The number of aryl methyl sites for hydroxylation is 1. The molecule has 0 aromatic carbocycles. The zero-order valence-corrected chi connectivity index (χ0v) is 15.0. The van der Waals surface area contributed by atoms with Gasteiger partial charge in [-0.15, -0.1) is 0 Å². The monoisotopic (exact) mass is 354 g/mol. The van der Waals surface area contributed by atoms with Crippen LogP contribution in [0.1, 0.15) is 24.4 Å². The molecule has 9 nitrogen and oxygen atoms in total. The molecular weight excluding hydrogens is 332 g/mol. The maximum atomic E-state index is 12.1. The zero-order valence-electron chi connectivity index (χ0n) is 15.0. The van der Waals surface area contributed by atoms with Crippen LogP contribution in [0.2, 0.25) is 0 Å². The Kier molecular flexibility index (Phi) is 5.26. The Bertz CT molecular complexity index is 871. The highest BCUT2D eigenvalue weighted by atomic mass is 16.2. The van der Waals surface area contributed by atoms with Gasteiger partial charge >= 0.3 is 0 Å². The lowest BCUT2D eigenvalue weighted by molar-refractivity contribution is -0.124. The highest BCUT2D eigenvalue weighted by molar-refractivity contribution is 5.79. The number of hydrogen-bond donors (Lipinski definition) is 2. The number of carbonyl (C=O) groups excluding carboxylic acids is 1. The van der Waals surface area contributed by atoms with Gasteiger partial charge in [0, 0.05) is 37.2 Å². The lowest BCUT2D eigenvalue weighted by atomic mass is 10.3. The van der Waals surface area contributed by atoms with Gasteiger partial charge in [-0.25, -0.2) is 15.0 Å². The van der Waals surface area contributed by atoms with Crippen LogP contribution in [0, 0.1) is 13.8 Å². The largest absolute Gasteiger partial charge is 0.368 e. The Morgan fingerprint density at radius 3 is 2.77 bits per heavy atom. The molecule has 0 fully saturated rings. The van der Waals surface area contributed by atoms with Crippen molar-refractivity contribution in [3.63, 3.8) is 0 Å². The van der Waals surface area contributed by atoms with Crippen LogP contribution in [-0.4, -0.2) is 48.3 Å². The van der Waals surface area contributed by atoms with Gasteiger partial charge < -0.3 is 10.6 Å². The maximum absolute atomic E-state index is 12.1. The van der Waals surface area contributed by atoms with E-state index in [0.717, 1.165) is 17.2 Å². The minimum atomic E-state index is -0.344. The van der Waals surface area contributed by atoms with Gasteiger partial charge in [0.1, 0.15) is 30.3 Å². The fourth-order valence-electron chi connectivity index (χ4n) is 2.46. The summed E-state index contributed by atoms with van der Waals surface area (Å²) in [5, 5.41) is 10.1. The van der Waals surface area contributed by atoms with Crippen LogP contribution >= 0.6 is 0 Å². The number of amides is 1. The molecule has 0 saturated heterocycles. The topological polar surface area (TPSA) is 103 Å². The quantitative estimate of drug-likeness (QED) is 0.619. The molecule has 26 heavy (non-hydrogen) atoms. The van der Waals surface area contributed by atoms with E-state index < -0.39 is 0 Å². The van der Waals surface area contributed by atoms with Gasteiger partial charge in [-0.05, 0) is 26.8 Å². The Morgan fingerprint density at radius 1 is 1.23 bits per heavy atom. The number of nitrogens with one attached hydrogen (secondary N) is 2. The Hall–Kier alpha value is -3.23. The first kappa shape index (κ1) is 17.6. The van der Waals surface area contributed by atoms with Crippen LogP contribution in [0.3, 0.4) is 0 Å². The molecule has 0 saturated carbocycles. The molecule has 0 aliphatic rings. The normalized spacial score (nSPS) is 12.0. The first-order chi connectivity index (χ1) is 12.6. The van der Waals surface area contributed by atoms with Crippen LogP contribution in [0.25, 0.3) is 5.82 Å². The number of rotatable bonds is 7. The Labute approximate surface area is 151 Å². The van der Waals surface area contributed by atoms with E-state index in [-0.39, 0.29) is 11.9 Å². The Balaban J connectivity index is 1.52. The minimum absolute atomic E-state index is 0.0802. The molecule has 136 valence electrons. The first-order valence-electron chi connectivity index (χ1n) is 8.40. The molecule has 0 aliphatic carbocycles. The van der Waals surface area contributed by atoms with Crippen molar-refractivity contribution in [2.75, 3.05) is 18.4 Å². The summed E-state index contributed by atoms with van der Waals surface area (Å²) >= 11 is 0. The zero-order chi connectivity index (χ0) is 18.5. The van der Waals surface area contributed by atoms with Crippen molar-refractivity contribution in [1.82, 2.24) is 34.6 Å². The van der Waals surface area contributed by atoms with Crippen molar-refractivity contribution in [1.29, 1.82) is 0 Å². The summed E-state index contributed by atoms with van der Waals surface area (Å²) < 4.78 is 3.53. The second kappa shape index (κ2) is 7.77. The summed E-state index contributed by atoms with van der Waals surface area (Å²) in [6.45, 7) is 6.79. The van der Waals surface area contributed by atoms with Gasteiger partial charge in [-0.2, -0.15) is 5.10 Å².